The molecule has 162 valence electrons. The second kappa shape index (κ2) is 8.40. The Hall–Kier alpha value is -2.77. The highest BCUT2D eigenvalue weighted by Crippen LogP contribution is 2.24. The van der Waals surface area contributed by atoms with E-state index in [0.29, 0.717) is 6.54 Å². The number of hydrogen-bond donors (Lipinski definition) is 1. The van der Waals surface area contributed by atoms with E-state index in [2.05, 4.69) is 39.2 Å². The van der Waals surface area contributed by atoms with Crippen LogP contribution in [0, 0.1) is 6.92 Å². The molecular formula is C24H29N5O2. The number of aliphatic hydroxyl groups excluding tert-OH is 1. The van der Waals surface area contributed by atoms with Crippen LogP contribution in [0.1, 0.15) is 36.6 Å². The van der Waals surface area contributed by atoms with Crippen molar-refractivity contribution in [3.63, 3.8) is 0 Å². The SMILES string of the molecule is Cc1ccc2cc(CN3CCCC(n4ncc(N5CC[C@H](O)C5)cc4=O)C3)ccc2n1. The van der Waals surface area contributed by atoms with Crippen LogP contribution in [0.3, 0.4) is 0 Å². The lowest BCUT2D eigenvalue weighted by Gasteiger charge is -2.33. The van der Waals surface area contributed by atoms with E-state index in [1.54, 1.807) is 16.9 Å². The van der Waals surface area contributed by atoms with E-state index in [-0.39, 0.29) is 17.7 Å². The van der Waals surface area contributed by atoms with Gasteiger partial charge in [0, 0.05) is 43.3 Å². The summed E-state index contributed by atoms with van der Waals surface area (Å²) in [7, 11) is 0. The molecule has 2 saturated heterocycles. The van der Waals surface area contributed by atoms with E-state index in [9.17, 15) is 9.90 Å². The van der Waals surface area contributed by atoms with E-state index >= 15 is 0 Å². The lowest BCUT2D eigenvalue weighted by molar-refractivity contribution is 0.160. The molecule has 1 aromatic carbocycles. The Kier molecular flexibility index (Phi) is 5.46. The van der Waals surface area contributed by atoms with Crippen molar-refractivity contribution in [1.82, 2.24) is 19.7 Å². The molecule has 2 atom stereocenters. The standard InChI is InChI=1S/C24H29N5O2/c1-17-4-6-19-11-18(5-7-23(19)26-17)14-27-9-2-3-20(15-27)29-24(31)12-21(13-25-29)28-10-8-22(30)16-28/h4-7,11-13,20,22,30H,2-3,8-10,14-16H2,1H3/t20?,22-/m0/s1. The lowest BCUT2D eigenvalue weighted by Crippen LogP contribution is -2.40. The van der Waals surface area contributed by atoms with Gasteiger partial charge in [-0.15, -0.1) is 0 Å². The van der Waals surface area contributed by atoms with Crippen LogP contribution in [0.15, 0.2) is 47.4 Å². The number of benzene rings is 1. The largest absolute Gasteiger partial charge is 0.391 e. The van der Waals surface area contributed by atoms with Crippen LogP contribution in [0.25, 0.3) is 10.9 Å². The smallest absolute Gasteiger partial charge is 0.269 e. The molecule has 0 amide bonds. The van der Waals surface area contributed by atoms with Crippen molar-refractivity contribution in [2.75, 3.05) is 31.1 Å². The van der Waals surface area contributed by atoms with E-state index < -0.39 is 0 Å². The van der Waals surface area contributed by atoms with E-state index in [1.807, 2.05) is 17.9 Å². The quantitative estimate of drug-likeness (QED) is 0.701. The molecule has 2 fully saturated rings. The minimum absolute atomic E-state index is 0.0575. The van der Waals surface area contributed by atoms with Crippen molar-refractivity contribution in [3.05, 3.63) is 64.2 Å². The third-order valence-electron chi connectivity index (χ3n) is 6.47. The maximum atomic E-state index is 12.8. The van der Waals surface area contributed by atoms with Gasteiger partial charge in [-0.25, -0.2) is 4.68 Å². The fraction of sp³-hybridized carbons (Fsp3) is 0.458. The molecule has 0 radical (unpaired) electrons. The second-order valence-electron chi connectivity index (χ2n) is 8.90. The first kappa shape index (κ1) is 20.2. The fourth-order valence-electron chi connectivity index (χ4n) is 4.84. The highest BCUT2D eigenvalue weighted by atomic mass is 16.3. The average Bonchev–Trinajstić information content (AvgIpc) is 3.20. The summed E-state index contributed by atoms with van der Waals surface area (Å²) in [6, 6.07) is 12.4. The molecule has 1 N–H and O–H groups in total. The Labute approximate surface area is 181 Å². The number of fused-ring (bicyclic) bond motifs is 1. The Morgan fingerprint density at radius 3 is 2.81 bits per heavy atom. The summed E-state index contributed by atoms with van der Waals surface area (Å²) in [5, 5.41) is 15.4. The molecule has 4 heterocycles. The number of aryl methyl sites for hydroxylation is 1. The van der Waals surface area contributed by atoms with Gasteiger partial charge >= 0.3 is 0 Å². The fourth-order valence-corrected chi connectivity index (χ4v) is 4.84. The number of piperidine rings is 1. The summed E-state index contributed by atoms with van der Waals surface area (Å²) < 4.78 is 1.65. The van der Waals surface area contributed by atoms with Crippen molar-refractivity contribution < 1.29 is 5.11 Å². The van der Waals surface area contributed by atoms with E-state index in [1.165, 1.54) is 5.56 Å². The highest BCUT2D eigenvalue weighted by molar-refractivity contribution is 5.79. The third-order valence-corrected chi connectivity index (χ3v) is 6.47. The zero-order valence-corrected chi connectivity index (χ0v) is 17.9. The zero-order valence-electron chi connectivity index (χ0n) is 17.9. The first-order valence-electron chi connectivity index (χ1n) is 11.2. The lowest BCUT2D eigenvalue weighted by atomic mass is 10.0. The summed E-state index contributed by atoms with van der Waals surface area (Å²) in [5.41, 5.74) is 4.08. The topological polar surface area (TPSA) is 74.5 Å². The third kappa shape index (κ3) is 4.34. The molecule has 7 nitrogen and oxygen atoms in total. The predicted octanol–water partition coefficient (Wildman–Crippen LogP) is 2.51. The number of aliphatic hydroxyl groups is 1. The Balaban J connectivity index is 1.29. The van der Waals surface area contributed by atoms with Crippen LogP contribution >= 0.6 is 0 Å². The van der Waals surface area contributed by atoms with Crippen LogP contribution < -0.4 is 10.5 Å². The van der Waals surface area contributed by atoms with Gasteiger partial charge < -0.3 is 10.0 Å². The second-order valence-corrected chi connectivity index (χ2v) is 8.90. The van der Waals surface area contributed by atoms with Gasteiger partial charge in [-0.05, 0) is 56.5 Å². The van der Waals surface area contributed by atoms with Crippen LogP contribution in [-0.2, 0) is 6.54 Å². The molecule has 1 unspecified atom stereocenters. The molecule has 3 aromatic rings. The van der Waals surface area contributed by atoms with Crippen molar-refractivity contribution in [1.29, 1.82) is 0 Å². The normalized spacial score (nSPS) is 22.3. The van der Waals surface area contributed by atoms with Crippen LogP contribution in [0.2, 0.25) is 0 Å². The number of aromatic nitrogens is 3. The zero-order chi connectivity index (χ0) is 21.4. The van der Waals surface area contributed by atoms with Gasteiger partial charge in [0.05, 0.1) is 29.5 Å². The van der Waals surface area contributed by atoms with Crippen LogP contribution in [0.5, 0.6) is 0 Å². The summed E-state index contributed by atoms with van der Waals surface area (Å²) in [6.07, 6.45) is 4.21. The molecule has 0 saturated carbocycles. The van der Waals surface area contributed by atoms with Crippen molar-refractivity contribution in [2.45, 2.75) is 44.9 Å². The minimum Gasteiger partial charge on any atom is -0.391 e. The summed E-state index contributed by atoms with van der Waals surface area (Å²) in [5.74, 6) is 0. The number of nitrogens with zero attached hydrogens (tertiary/aromatic N) is 5. The number of hydrogen-bond acceptors (Lipinski definition) is 6. The molecule has 0 spiro atoms. The summed E-state index contributed by atoms with van der Waals surface area (Å²) in [4.78, 5) is 21.8. The van der Waals surface area contributed by atoms with Crippen LogP contribution in [-0.4, -0.2) is 57.1 Å². The Morgan fingerprint density at radius 1 is 1.10 bits per heavy atom. The molecule has 2 aliphatic rings. The molecule has 2 aliphatic heterocycles. The van der Waals surface area contributed by atoms with Gasteiger partial charge in [-0.1, -0.05) is 12.1 Å². The number of β-amino-alcohol motifs (C(OH)–C–C–N with tert-alkyl or cyclic N) is 1. The highest BCUT2D eigenvalue weighted by Gasteiger charge is 2.25. The van der Waals surface area contributed by atoms with Gasteiger partial charge in [0.1, 0.15) is 0 Å². The first-order valence-corrected chi connectivity index (χ1v) is 11.2. The Bertz CT molecular complexity index is 1140. The van der Waals surface area contributed by atoms with Gasteiger partial charge in [0.15, 0.2) is 0 Å². The predicted molar refractivity (Wildman–Crippen MR) is 121 cm³/mol. The van der Waals surface area contributed by atoms with Gasteiger partial charge in [-0.3, -0.25) is 14.7 Å². The van der Waals surface area contributed by atoms with Crippen molar-refractivity contribution in [3.8, 4) is 0 Å². The first-order chi connectivity index (χ1) is 15.0. The molecule has 2 aromatic heterocycles. The summed E-state index contributed by atoms with van der Waals surface area (Å²) in [6.45, 7) is 6.06. The molecular weight excluding hydrogens is 390 g/mol. The molecule has 31 heavy (non-hydrogen) atoms. The Morgan fingerprint density at radius 2 is 2.00 bits per heavy atom. The monoisotopic (exact) mass is 419 g/mol. The van der Waals surface area contributed by atoms with E-state index in [4.69, 9.17) is 0 Å². The van der Waals surface area contributed by atoms with Gasteiger partial charge in [0.2, 0.25) is 0 Å². The number of likely N-dealkylation sites (tertiary alicyclic amines) is 1. The average molecular weight is 420 g/mol. The number of pyridine rings is 1. The van der Waals surface area contributed by atoms with Gasteiger partial charge in [0.25, 0.3) is 5.56 Å². The van der Waals surface area contributed by atoms with Gasteiger partial charge in [-0.2, -0.15) is 5.10 Å². The molecule has 7 heteroatoms. The maximum absolute atomic E-state index is 12.8. The minimum atomic E-state index is -0.316. The number of rotatable bonds is 4. The molecule has 0 aliphatic carbocycles. The van der Waals surface area contributed by atoms with Crippen LogP contribution in [0.4, 0.5) is 5.69 Å². The number of anilines is 1. The molecule has 5 rings (SSSR count). The molecule has 0 bridgehead atoms. The summed E-state index contributed by atoms with van der Waals surface area (Å²) >= 11 is 0. The maximum Gasteiger partial charge on any atom is 0.269 e. The van der Waals surface area contributed by atoms with E-state index in [0.717, 1.165) is 67.7 Å². The van der Waals surface area contributed by atoms with Crippen molar-refractivity contribution >= 4 is 16.6 Å². The van der Waals surface area contributed by atoms with Crippen molar-refractivity contribution in [2.24, 2.45) is 0 Å².